The molecule has 0 radical (unpaired) electrons. The number of aromatic amines is 1. The molecule has 0 spiro atoms. The van der Waals surface area contributed by atoms with Gasteiger partial charge in [-0.05, 0) is 6.92 Å². The summed E-state index contributed by atoms with van der Waals surface area (Å²) >= 11 is 0. The number of carbonyl (C=O) groups excluding carboxylic acids is 3. The van der Waals surface area contributed by atoms with Crippen LogP contribution in [0.15, 0.2) is 12.4 Å². The highest BCUT2D eigenvalue weighted by atomic mass is 16.2. The fourth-order valence-electron chi connectivity index (χ4n) is 1.63. The lowest BCUT2D eigenvalue weighted by Crippen LogP contribution is -2.41. The number of H-pyrrole nitrogens is 1. The predicted octanol–water partition coefficient (Wildman–Crippen LogP) is -0.861. The molecule has 1 aromatic rings. The third-order valence-corrected chi connectivity index (χ3v) is 2.55. The Morgan fingerprint density at radius 3 is 2.94 bits per heavy atom. The molecule has 1 fully saturated rings. The number of imide groups is 1. The fraction of sp³-hybridized carbons (Fsp3) is 0.400. The van der Waals surface area contributed by atoms with Crippen molar-refractivity contribution in [3.63, 3.8) is 0 Å². The average molecular weight is 251 g/mol. The van der Waals surface area contributed by atoms with E-state index in [2.05, 4.69) is 20.6 Å². The first-order valence-corrected chi connectivity index (χ1v) is 5.44. The normalized spacial score (nSPS) is 16.6. The summed E-state index contributed by atoms with van der Waals surface area (Å²) in [6.07, 6.45) is 3.23. The van der Waals surface area contributed by atoms with E-state index in [1.807, 2.05) is 0 Å². The number of rotatable bonds is 4. The summed E-state index contributed by atoms with van der Waals surface area (Å²) in [5.74, 6) is -0.203. The largest absolute Gasteiger partial charge is 0.347 e. The maximum Gasteiger partial charge on any atom is 0.325 e. The van der Waals surface area contributed by atoms with E-state index in [1.165, 1.54) is 0 Å². The van der Waals surface area contributed by atoms with Gasteiger partial charge in [-0.2, -0.15) is 0 Å². The van der Waals surface area contributed by atoms with Crippen LogP contribution in [0.1, 0.15) is 18.8 Å². The minimum absolute atomic E-state index is 0.0557. The molecule has 1 aromatic heterocycles. The van der Waals surface area contributed by atoms with E-state index in [0.717, 1.165) is 4.90 Å². The third-order valence-electron chi connectivity index (χ3n) is 2.55. The van der Waals surface area contributed by atoms with E-state index in [1.54, 1.807) is 19.3 Å². The highest BCUT2D eigenvalue weighted by Crippen LogP contribution is 2.05. The second-order valence-corrected chi connectivity index (χ2v) is 3.90. The minimum Gasteiger partial charge on any atom is -0.347 e. The van der Waals surface area contributed by atoms with Crippen LogP contribution < -0.4 is 10.6 Å². The molecule has 2 rings (SSSR count). The summed E-state index contributed by atoms with van der Waals surface area (Å²) in [6, 6.07) is -0.853. The number of urea groups is 1. The Labute approximate surface area is 103 Å². The van der Waals surface area contributed by atoms with Crippen LogP contribution in [-0.2, 0) is 9.59 Å². The van der Waals surface area contributed by atoms with Crippen molar-refractivity contribution in [1.82, 2.24) is 25.5 Å². The maximum absolute atomic E-state index is 11.7. The van der Waals surface area contributed by atoms with Crippen LogP contribution in [0.25, 0.3) is 0 Å². The molecule has 1 unspecified atom stereocenters. The van der Waals surface area contributed by atoms with Gasteiger partial charge in [-0.1, -0.05) is 0 Å². The zero-order valence-electron chi connectivity index (χ0n) is 9.77. The van der Waals surface area contributed by atoms with E-state index in [0.29, 0.717) is 5.82 Å². The van der Waals surface area contributed by atoms with Crippen LogP contribution in [0, 0.1) is 0 Å². The molecule has 0 aromatic carbocycles. The zero-order valence-corrected chi connectivity index (χ0v) is 9.77. The number of carbonyl (C=O) groups is 3. The van der Waals surface area contributed by atoms with Gasteiger partial charge in [-0.25, -0.2) is 9.78 Å². The Morgan fingerprint density at radius 1 is 1.61 bits per heavy atom. The van der Waals surface area contributed by atoms with Crippen LogP contribution in [0.3, 0.4) is 0 Å². The van der Waals surface area contributed by atoms with Gasteiger partial charge in [-0.3, -0.25) is 14.5 Å². The molecule has 8 nitrogen and oxygen atoms in total. The van der Waals surface area contributed by atoms with E-state index in [4.69, 9.17) is 0 Å². The van der Waals surface area contributed by atoms with Crippen molar-refractivity contribution in [1.29, 1.82) is 0 Å². The smallest absolute Gasteiger partial charge is 0.325 e. The fourth-order valence-corrected chi connectivity index (χ4v) is 1.63. The molecule has 2 heterocycles. The number of nitrogens with zero attached hydrogens (tertiary/aromatic N) is 2. The van der Waals surface area contributed by atoms with Gasteiger partial charge < -0.3 is 15.6 Å². The van der Waals surface area contributed by atoms with Gasteiger partial charge in [0.25, 0.3) is 5.91 Å². The van der Waals surface area contributed by atoms with E-state index in [-0.39, 0.29) is 19.1 Å². The van der Waals surface area contributed by atoms with Crippen molar-refractivity contribution in [2.45, 2.75) is 13.0 Å². The van der Waals surface area contributed by atoms with Gasteiger partial charge in [0, 0.05) is 12.4 Å². The Hall–Kier alpha value is -2.38. The second-order valence-electron chi connectivity index (χ2n) is 3.90. The first-order valence-electron chi connectivity index (χ1n) is 5.44. The standard InChI is InChI=1S/C10H13N5O3/c1-6(9-11-2-3-12-9)14-7(16)5-15-8(17)4-13-10(15)18/h2-3,6H,4-5H2,1H3,(H,11,12)(H,13,18)(H,14,16). The van der Waals surface area contributed by atoms with Crippen molar-refractivity contribution in [3.05, 3.63) is 18.2 Å². The van der Waals surface area contributed by atoms with E-state index < -0.39 is 17.8 Å². The molecular weight excluding hydrogens is 238 g/mol. The van der Waals surface area contributed by atoms with Crippen LogP contribution in [0.4, 0.5) is 4.79 Å². The molecule has 1 atom stereocenters. The number of imidazole rings is 1. The maximum atomic E-state index is 11.7. The highest BCUT2D eigenvalue weighted by Gasteiger charge is 2.30. The summed E-state index contributed by atoms with van der Waals surface area (Å²) < 4.78 is 0. The van der Waals surface area contributed by atoms with Gasteiger partial charge in [0.1, 0.15) is 12.4 Å². The third kappa shape index (κ3) is 2.47. The van der Waals surface area contributed by atoms with Crippen molar-refractivity contribution < 1.29 is 14.4 Å². The Balaban J connectivity index is 1.89. The predicted molar refractivity (Wildman–Crippen MR) is 60.3 cm³/mol. The summed E-state index contributed by atoms with van der Waals surface area (Å²) in [7, 11) is 0. The Bertz CT molecular complexity index is 454. The molecule has 8 heteroatoms. The van der Waals surface area contributed by atoms with Crippen LogP contribution >= 0.6 is 0 Å². The number of amides is 4. The number of hydrogen-bond donors (Lipinski definition) is 3. The van der Waals surface area contributed by atoms with Gasteiger partial charge in [0.05, 0.1) is 12.6 Å². The molecule has 4 amide bonds. The first-order chi connectivity index (χ1) is 8.58. The Kier molecular flexibility index (Phi) is 3.26. The summed E-state index contributed by atoms with van der Waals surface area (Å²) in [6.45, 7) is 1.41. The lowest BCUT2D eigenvalue weighted by molar-refractivity contribution is -0.130. The quantitative estimate of drug-likeness (QED) is 0.605. The van der Waals surface area contributed by atoms with Gasteiger partial charge >= 0.3 is 6.03 Å². The topological polar surface area (TPSA) is 107 Å². The van der Waals surface area contributed by atoms with Gasteiger partial charge in [0.15, 0.2) is 0 Å². The lowest BCUT2D eigenvalue weighted by atomic mass is 10.3. The molecule has 18 heavy (non-hydrogen) atoms. The van der Waals surface area contributed by atoms with Crippen molar-refractivity contribution in [2.75, 3.05) is 13.1 Å². The molecule has 0 aliphatic carbocycles. The summed E-state index contributed by atoms with van der Waals surface area (Å²) in [4.78, 5) is 41.9. The van der Waals surface area contributed by atoms with Crippen molar-refractivity contribution >= 4 is 17.8 Å². The number of aromatic nitrogens is 2. The van der Waals surface area contributed by atoms with Crippen LogP contribution in [-0.4, -0.2) is 45.8 Å². The van der Waals surface area contributed by atoms with E-state index >= 15 is 0 Å². The number of hydrogen-bond acceptors (Lipinski definition) is 4. The molecule has 0 saturated carbocycles. The van der Waals surface area contributed by atoms with Crippen LogP contribution in [0.5, 0.6) is 0 Å². The minimum atomic E-state index is -0.541. The first kappa shape index (κ1) is 12.1. The van der Waals surface area contributed by atoms with E-state index in [9.17, 15) is 14.4 Å². The number of nitrogens with one attached hydrogen (secondary N) is 3. The molecular formula is C10H13N5O3. The highest BCUT2D eigenvalue weighted by molar-refractivity contribution is 6.04. The van der Waals surface area contributed by atoms with Crippen molar-refractivity contribution in [3.8, 4) is 0 Å². The van der Waals surface area contributed by atoms with Gasteiger partial charge in [-0.15, -0.1) is 0 Å². The summed E-state index contributed by atoms with van der Waals surface area (Å²) in [5, 5.41) is 4.99. The van der Waals surface area contributed by atoms with Crippen LogP contribution in [0.2, 0.25) is 0 Å². The summed E-state index contributed by atoms with van der Waals surface area (Å²) in [5.41, 5.74) is 0. The Morgan fingerprint density at radius 2 is 2.39 bits per heavy atom. The SMILES string of the molecule is CC(NC(=O)CN1C(=O)CNC1=O)c1ncc[nH]1. The molecule has 0 bridgehead atoms. The second kappa shape index (κ2) is 4.86. The van der Waals surface area contributed by atoms with Gasteiger partial charge in [0.2, 0.25) is 5.91 Å². The van der Waals surface area contributed by atoms with Crippen molar-refractivity contribution in [2.24, 2.45) is 0 Å². The molecule has 96 valence electrons. The molecule has 3 N–H and O–H groups in total. The zero-order chi connectivity index (χ0) is 13.1. The monoisotopic (exact) mass is 251 g/mol. The molecule has 1 saturated heterocycles. The molecule has 1 aliphatic rings. The lowest BCUT2D eigenvalue weighted by Gasteiger charge is -2.15. The molecule has 1 aliphatic heterocycles. The average Bonchev–Trinajstić information content (AvgIpc) is 2.94.